The monoisotopic (exact) mass is 239 g/mol. The summed E-state index contributed by atoms with van der Waals surface area (Å²) in [6.07, 6.45) is 1.85. The summed E-state index contributed by atoms with van der Waals surface area (Å²) in [5.41, 5.74) is 1.38. The lowest BCUT2D eigenvalue weighted by atomic mass is 9.97. The number of thiophene rings is 1. The normalized spacial score (nSPS) is 18.6. The lowest BCUT2D eigenvalue weighted by Gasteiger charge is -2.30. The van der Waals surface area contributed by atoms with Crippen molar-refractivity contribution in [3.8, 4) is 0 Å². The number of likely N-dealkylation sites (tertiary alicyclic amines) is 1. The van der Waals surface area contributed by atoms with Crippen LogP contribution in [0, 0.1) is 5.92 Å². The van der Waals surface area contributed by atoms with Crippen LogP contribution in [0.5, 0.6) is 0 Å². The van der Waals surface area contributed by atoms with E-state index in [1.54, 1.807) is 11.3 Å². The molecule has 1 aliphatic heterocycles. The molecular formula is C12H17NO2S. The van der Waals surface area contributed by atoms with Crippen molar-refractivity contribution in [2.75, 3.05) is 20.2 Å². The van der Waals surface area contributed by atoms with Crippen LogP contribution in [0.1, 0.15) is 18.4 Å². The van der Waals surface area contributed by atoms with E-state index in [4.69, 9.17) is 4.74 Å². The van der Waals surface area contributed by atoms with E-state index in [0.29, 0.717) is 0 Å². The molecule has 0 atom stereocenters. The van der Waals surface area contributed by atoms with Gasteiger partial charge in [0, 0.05) is 6.54 Å². The van der Waals surface area contributed by atoms with E-state index in [-0.39, 0.29) is 11.9 Å². The third kappa shape index (κ3) is 2.83. The predicted octanol–water partition coefficient (Wildman–Crippen LogP) is 2.13. The van der Waals surface area contributed by atoms with Gasteiger partial charge in [0.15, 0.2) is 0 Å². The molecule has 3 nitrogen and oxygen atoms in total. The molecule has 0 aromatic carbocycles. The molecule has 0 amide bonds. The topological polar surface area (TPSA) is 29.5 Å². The second-order valence-corrected chi connectivity index (χ2v) is 4.99. The summed E-state index contributed by atoms with van der Waals surface area (Å²) in [6, 6.07) is 2.16. The largest absolute Gasteiger partial charge is 0.469 e. The zero-order chi connectivity index (χ0) is 11.4. The Morgan fingerprint density at radius 3 is 2.88 bits per heavy atom. The molecule has 1 aromatic heterocycles. The lowest BCUT2D eigenvalue weighted by Crippen LogP contribution is -2.36. The Kier molecular flexibility index (Phi) is 3.96. The summed E-state index contributed by atoms with van der Waals surface area (Å²) >= 11 is 1.74. The fourth-order valence-corrected chi connectivity index (χ4v) is 2.79. The van der Waals surface area contributed by atoms with Crippen molar-refractivity contribution in [3.63, 3.8) is 0 Å². The van der Waals surface area contributed by atoms with Gasteiger partial charge < -0.3 is 4.74 Å². The summed E-state index contributed by atoms with van der Waals surface area (Å²) in [4.78, 5) is 13.8. The van der Waals surface area contributed by atoms with Crippen LogP contribution in [0.15, 0.2) is 16.8 Å². The SMILES string of the molecule is COC(=O)C1CCN(Cc2ccsc2)CC1. The van der Waals surface area contributed by atoms with E-state index in [9.17, 15) is 4.79 Å². The van der Waals surface area contributed by atoms with Crippen molar-refractivity contribution in [2.24, 2.45) is 5.92 Å². The number of carbonyl (C=O) groups excluding carboxylic acids is 1. The van der Waals surface area contributed by atoms with Crippen molar-refractivity contribution < 1.29 is 9.53 Å². The van der Waals surface area contributed by atoms with Crippen LogP contribution < -0.4 is 0 Å². The second-order valence-electron chi connectivity index (χ2n) is 4.21. The highest BCUT2D eigenvalue weighted by molar-refractivity contribution is 7.07. The molecule has 1 fully saturated rings. The number of ether oxygens (including phenoxy) is 1. The van der Waals surface area contributed by atoms with Gasteiger partial charge in [0.25, 0.3) is 0 Å². The van der Waals surface area contributed by atoms with Gasteiger partial charge in [-0.25, -0.2) is 0 Å². The molecule has 0 saturated carbocycles. The number of esters is 1. The molecule has 0 N–H and O–H groups in total. The van der Waals surface area contributed by atoms with Gasteiger partial charge in [-0.05, 0) is 48.3 Å². The maximum absolute atomic E-state index is 11.4. The molecule has 2 rings (SSSR count). The minimum Gasteiger partial charge on any atom is -0.469 e. The Morgan fingerprint density at radius 1 is 1.56 bits per heavy atom. The maximum atomic E-state index is 11.4. The van der Waals surface area contributed by atoms with Crippen LogP contribution in [-0.4, -0.2) is 31.1 Å². The van der Waals surface area contributed by atoms with Crippen LogP contribution in [-0.2, 0) is 16.1 Å². The van der Waals surface area contributed by atoms with Gasteiger partial charge in [-0.3, -0.25) is 9.69 Å². The molecule has 0 aliphatic carbocycles. The van der Waals surface area contributed by atoms with Crippen LogP contribution in [0.25, 0.3) is 0 Å². The summed E-state index contributed by atoms with van der Waals surface area (Å²) in [5, 5.41) is 4.29. The van der Waals surface area contributed by atoms with Gasteiger partial charge in [-0.1, -0.05) is 0 Å². The Bertz CT molecular complexity index is 329. The molecule has 4 heteroatoms. The Morgan fingerprint density at radius 2 is 2.31 bits per heavy atom. The first-order chi connectivity index (χ1) is 7.79. The fourth-order valence-electron chi connectivity index (χ4n) is 2.13. The molecule has 16 heavy (non-hydrogen) atoms. The van der Waals surface area contributed by atoms with Crippen LogP contribution in [0.4, 0.5) is 0 Å². The van der Waals surface area contributed by atoms with E-state index >= 15 is 0 Å². The highest BCUT2D eigenvalue weighted by atomic mass is 32.1. The van der Waals surface area contributed by atoms with Gasteiger partial charge in [0.2, 0.25) is 0 Å². The number of piperidine rings is 1. The van der Waals surface area contributed by atoms with Gasteiger partial charge in [0.05, 0.1) is 13.0 Å². The zero-order valence-electron chi connectivity index (χ0n) is 9.52. The van der Waals surface area contributed by atoms with Crippen LogP contribution >= 0.6 is 11.3 Å². The minimum atomic E-state index is -0.0461. The fraction of sp³-hybridized carbons (Fsp3) is 0.583. The Hall–Kier alpha value is -0.870. The molecule has 1 aliphatic rings. The highest BCUT2D eigenvalue weighted by Gasteiger charge is 2.25. The Labute approximate surface area is 100 Å². The summed E-state index contributed by atoms with van der Waals surface area (Å²) in [7, 11) is 1.47. The second kappa shape index (κ2) is 5.46. The number of hydrogen-bond donors (Lipinski definition) is 0. The zero-order valence-corrected chi connectivity index (χ0v) is 10.3. The molecule has 2 heterocycles. The van der Waals surface area contributed by atoms with E-state index in [0.717, 1.165) is 32.5 Å². The standard InChI is InChI=1S/C12H17NO2S/c1-15-12(14)11-2-5-13(6-3-11)8-10-4-7-16-9-10/h4,7,9,11H,2-3,5-6,8H2,1H3. The number of methoxy groups -OCH3 is 1. The van der Waals surface area contributed by atoms with E-state index < -0.39 is 0 Å². The molecule has 88 valence electrons. The van der Waals surface area contributed by atoms with Crippen molar-refractivity contribution in [3.05, 3.63) is 22.4 Å². The van der Waals surface area contributed by atoms with E-state index in [1.807, 2.05) is 0 Å². The molecule has 0 spiro atoms. The Balaban J connectivity index is 1.79. The molecular weight excluding hydrogens is 222 g/mol. The third-order valence-electron chi connectivity index (χ3n) is 3.11. The predicted molar refractivity (Wildman–Crippen MR) is 64.3 cm³/mol. The number of nitrogens with zero attached hydrogens (tertiary/aromatic N) is 1. The van der Waals surface area contributed by atoms with Gasteiger partial charge in [-0.2, -0.15) is 11.3 Å². The van der Waals surface area contributed by atoms with E-state index in [2.05, 4.69) is 21.7 Å². The average molecular weight is 239 g/mol. The average Bonchev–Trinajstić information content (AvgIpc) is 2.82. The molecule has 0 radical (unpaired) electrons. The van der Waals surface area contributed by atoms with Crippen molar-refractivity contribution >= 4 is 17.3 Å². The maximum Gasteiger partial charge on any atom is 0.308 e. The lowest BCUT2D eigenvalue weighted by molar-refractivity contribution is -0.147. The van der Waals surface area contributed by atoms with Crippen molar-refractivity contribution in [2.45, 2.75) is 19.4 Å². The molecule has 0 bridgehead atoms. The summed E-state index contributed by atoms with van der Waals surface area (Å²) < 4.78 is 4.78. The highest BCUT2D eigenvalue weighted by Crippen LogP contribution is 2.20. The van der Waals surface area contributed by atoms with Crippen molar-refractivity contribution in [1.82, 2.24) is 4.90 Å². The number of carbonyl (C=O) groups is 1. The first kappa shape index (κ1) is 11.6. The third-order valence-corrected chi connectivity index (χ3v) is 3.84. The molecule has 1 aromatic rings. The first-order valence-electron chi connectivity index (χ1n) is 5.61. The summed E-state index contributed by atoms with van der Waals surface area (Å²) in [6.45, 7) is 3.00. The number of hydrogen-bond acceptors (Lipinski definition) is 4. The molecule has 0 unspecified atom stereocenters. The van der Waals surface area contributed by atoms with Gasteiger partial charge >= 0.3 is 5.97 Å². The van der Waals surface area contributed by atoms with E-state index in [1.165, 1.54) is 12.7 Å². The molecule has 1 saturated heterocycles. The van der Waals surface area contributed by atoms with Gasteiger partial charge in [-0.15, -0.1) is 0 Å². The first-order valence-corrected chi connectivity index (χ1v) is 6.55. The number of rotatable bonds is 3. The van der Waals surface area contributed by atoms with Crippen LogP contribution in [0.2, 0.25) is 0 Å². The minimum absolute atomic E-state index is 0.0461. The van der Waals surface area contributed by atoms with Gasteiger partial charge in [0.1, 0.15) is 0 Å². The smallest absolute Gasteiger partial charge is 0.308 e. The summed E-state index contributed by atoms with van der Waals surface area (Å²) in [5.74, 6) is 0.0684. The van der Waals surface area contributed by atoms with Crippen molar-refractivity contribution in [1.29, 1.82) is 0 Å². The van der Waals surface area contributed by atoms with Crippen LogP contribution in [0.3, 0.4) is 0 Å². The quantitative estimate of drug-likeness (QED) is 0.757.